The van der Waals surface area contributed by atoms with Crippen molar-refractivity contribution in [2.45, 2.75) is 121 Å². The third-order valence-electron chi connectivity index (χ3n) is 9.22. The van der Waals surface area contributed by atoms with Gasteiger partial charge in [-0.25, -0.2) is 13.8 Å². The normalized spacial score (nSPS) is 25.4. The van der Waals surface area contributed by atoms with Crippen LogP contribution in [0.25, 0.3) is 0 Å². The van der Waals surface area contributed by atoms with Gasteiger partial charge in [0.05, 0.1) is 23.0 Å². The van der Waals surface area contributed by atoms with Crippen molar-refractivity contribution in [3.63, 3.8) is 0 Å². The minimum Gasteiger partial charge on any atom is -0.387 e. The van der Waals surface area contributed by atoms with Crippen LogP contribution in [0.5, 0.6) is 0 Å². The lowest BCUT2D eigenvalue weighted by Gasteiger charge is -2.28. The molecule has 3 heterocycles. The third-order valence-corrected chi connectivity index (χ3v) is 9.22. The Morgan fingerprint density at radius 1 is 1.19 bits per heavy atom. The van der Waals surface area contributed by atoms with Crippen LogP contribution < -0.4 is 16.6 Å². The van der Waals surface area contributed by atoms with Crippen molar-refractivity contribution in [1.82, 2.24) is 19.8 Å². The summed E-state index contributed by atoms with van der Waals surface area (Å²) in [4.78, 5) is 25.1. The van der Waals surface area contributed by atoms with Gasteiger partial charge in [-0.3, -0.25) is 14.3 Å². The number of aliphatic imine (C=N–C) groups is 1. The standard InChI is InChI=1S/C33H47F2N7O/c1-6-28-26-20-27(32(21-36)13-14-32)31(43)42(30(26)40-24(4)37)17-10-8-7-9-11-22(2)41(5)18-15-33(34,35)25-12-16-38-29(19-25)23(3)39-28/h12,16,19-20,22-23,28,39H,6-11,13-15,17-18H2,1-5H3,(H2,37,40)/t22?,23-,28?/m1/s1. The van der Waals surface area contributed by atoms with E-state index in [0.717, 1.165) is 37.7 Å². The molecule has 234 valence electrons. The predicted molar refractivity (Wildman–Crippen MR) is 167 cm³/mol. The highest BCUT2D eigenvalue weighted by Crippen LogP contribution is 2.47. The van der Waals surface area contributed by atoms with Gasteiger partial charge in [0, 0.05) is 60.5 Å². The van der Waals surface area contributed by atoms with Crippen LogP contribution in [0, 0.1) is 11.3 Å². The van der Waals surface area contributed by atoms with Gasteiger partial charge in [-0.1, -0.05) is 26.2 Å². The lowest BCUT2D eigenvalue weighted by atomic mass is 9.93. The SMILES string of the molecule is CCC1N[C@H](C)c2cc(ccn2)C(F)(F)CCN(C)C(C)CCCCCCn2c(/N=C(/C)N)c1cc(C1(C#N)CC1)c2=O. The minimum absolute atomic E-state index is 0.0424. The highest BCUT2D eigenvalue weighted by Gasteiger charge is 2.48. The molecule has 0 spiro atoms. The molecule has 2 aliphatic rings. The first kappa shape index (κ1) is 32.7. The monoisotopic (exact) mass is 595 g/mol. The number of nitrogens with zero attached hydrogens (tertiary/aromatic N) is 5. The number of amidine groups is 1. The largest absolute Gasteiger partial charge is 0.387 e. The van der Waals surface area contributed by atoms with Gasteiger partial charge in [0.2, 0.25) is 0 Å². The number of nitrogens with one attached hydrogen (secondary N) is 1. The lowest BCUT2D eigenvalue weighted by Crippen LogP contribution is -2.33. The summed E-state index contributed by atoms with van der Waals surface area (Å²) in [5.74, 6) is -2.17. The number of aromatic nitrogens is 2. The molecule has 3 atom stereocenters. The van der Waals surface area contributed by atoms with Gasteiger partial charge in [0.15, 0.2) is 0 Å². The summed E-state index contributed by atoms with van der Waals surface area (Å²) in [5, 5.41) is 13.6. The second-order valence-electron chi connectivity index (χ2n) is 12.5. The van der Waals surface area contributed by atoms with Crippen LogP contribution in [-0.2, 0) is 17.9 Å². The fourth-order valence-electron chi connectivity index (χ4n) is 6.04. The molecule has 8 nitrogen and oxygen atoms in total. The van der Waals surface area contributed by atoms with Gasteiger partial charge in [-0.2, -0.15) is 5.26 Å². The molecule has 1 aliphatic carbocycles. The van der Waals surface area contributed by atoms with E-state index in [4.69, 9.17) is 5.73 Å². The molecule has 4 bridgehead atoms. The number of fused-ring (bicyclic) bond motifs is 4. The van der Waals surface area contributed by atoms with E-state index in [1.165, 1.54) is 18.3 Å². The van der Waals surface area contributed by atoms with Gasteiger partial charge in [0.1, 0.15) is 5.82 Å². The van der Waals surface area contributed by atoms with E-state index in [1.807, 2.05) is 31.9 Å². The highest BCUT2D eigenvalue weighted by atomic mass is 19.3. The lowest BCUT2D eigenvalue weighted by molar-refractivity contribution is -0.0228. The van der Waals surface area contributed by atoms with Crippen LogP contribution in [-0.4, -0.2) is 39.9 Å². The Hall–Kier alpha value is -3.16. The molecule has 2 aromatic heterocycles. The first-order chi connectivity index (χ1) is 20.4. The van der Waals surface area contributed by atoms with Crippen molar-refractivity contribution >= 4 is 11.7 Å². The molecule has 0 radical (unpaired) electrons. The third kappa shape index (κ3) is 7.50. The van der Waals surface area contributed by atoms with Crippen molar-refractivity contribution < 1.29 is 8.78 Å². The molecule has 2 unspecified atom stereocenters. The van der Waals surface area contributed by atoms with Crippen LogP contribution >= 0.6 is 0 Å². The summed E-state index contributed by atoms with van der Waals surface area (Å²) < 4.78 is 32.6. The van der Waals surface area contributed by atoms with E-state index >= 15 is 8.78 Å². The Morgan fingerprint density at radius 2 is 1.91 bits per heavy atom. The number of alkyl halides is 2. The Kier molecular flexibility index (Phi) is 10.4. The molecule has 3 N–H and O–H groups in total. The van der Waals surface area contributed by atoms with Gasteiger partial charge >= 0.3 is 0 Å². The molecular formula is C33H47F2N7O. The zero-order valence-electron chi connectivity index (χ0n) is 26.3. The molecule has 1 aliphatic heterocycles. The van der Waals surface area contributed by atoms with Gasteiger partial charge in [0.25, 0.3) is 11.5 Å². The van der Waals surface area contributed by atoms with Crippen molar-refractivity contribution in [3.8, 4) is 6.07 Å². The van der Waals surface area contributed by atoms with Gasteiger partial charge in [-0.05, 0) is 78.1 Å². The Labute approximate surface area is 254 Å². The number of hydrogen-bond acceptors (Lipinski definition) is 6. The molecule has 0 saturated heterocycles. The predicted octanol–water partition coefficient (Wildman–Crippen LogP) is 6.38. The van der Waals surface area contributed by atoms with E-state index < -0.39 is 11.3 Å². The Balaban J connectivity index is 1.82. The second-order valence-corrected chi connectivity index (χ2v) is 12.5. The Morgan fingerprint density at radius 3 is 2.56 bits per heavy atom. The average Bonchev–Trinajstić information content (AvgIpc) is 3.78. The molecule has 10 heteroatoms. The van der Waals surface area contributed by atoms with Crippen molar-refractivity contribution in [2.75, 3.05) is 13.6 Å². The topological polar surface area (TPSA) is 112 Å². The maximum atomic E-state index is 15.4. The van der Waals surface area contributed by atoms with Crippen LogP contribution in [0.15, 0.2) is 34.2 Å². The zero-order valence-corrected chi connectivity index (χ0v) is 26.3. The molecule has 43 heavy (non-hydrogen) atoms. The van der Waals surface area contributed by atoms with E-state index in [1.54, 1.807) is 11.5 Å². The van der Waals surface area contributed by atoms with Crippen LogP contribution in [0.4, 0.5) is 14.6 Å². The summed E-state index contributed by atoms with van der Waals surface area (Å²) >= 11 is 0. The number of hydrogen-bond donors (Lipinski definition) is 2. The number of nitriles is 1. The zero-order chi connectivity index (χ0) is 31.4. The summed E-state index contributed by atoms with van der Waals surface area (Å²) in [5.41, 5.74) is 6.89. The quantitative estimate of drug-likeness (QED) is 0.315. The summed E-state index contributed by atoms with van der Waals surface area (Å²) in [6, 6.07) is 6.65. The number of rotatable bonds is 3. The molecule has 2 aromatic rings. The molecule has 1 saturated carbocycles. The summed E-state index contributed by atoms with van der Waals surface area (Å²) in [7, 11) is 1.91. The van der Waals surface area contributed by atoms with Crippen LogP contribution in [0.3, 0.4) is 0 Å². The van der Waals surface area contributed by atoms with Crippen molar-refractivity contribution in [1.29, 1.82) is 5.26 Å². The first-order valence-electron chi connectivity index (χ1n) is 15.7. The van der Waals surface area contributed by atoms with E-state index in [0.29, 0.717) is 55.3 Å². The summed E-state index contributed by atoms with van der Waals surface area (Å²) in [6.07, 6.45) is 7.67. The van der Waals surface area contributed by atoms with Crippen molar-refractivity contribution in [3.05, 3.63) is 57.1 Å². The van der Waals surface area contributed by atoms with Crippen LogP contribution in [0.1, 0.15) is 120 Å². The molecule has 0 amide bonds. The Bertz CT molecular complexity index is 1400. The van der Waals surface area contributed by atoms with E-state index in [2.05, 4.69) is 28.3 Å². The molecule has 1 fully saturated rings. The molecule has 4 rings (SSSR count). The second kappa shape index (κ2) is 13.6. The smallest absolute Gasteiger partial charge is 0.274 e. The van der Waals surface area contributed by atoms with E-state index in [-0.39, 0.29) is 35.7 Å². The minimum atomic E-state index is -2.99. The van der Waals surface area contributed by atoms with Gasteiger partial charge < -0.3 is 16.0 Å². The highest BCUT2D eigenvalue weighted by molar-refractivity contribution is 5.80. The van der Waals surface area contributed by atoms with Crippen LogP contribution in [0.2, 0.25) is 0 Å². The number of halogens is 2. The fourth-order valence-corrected chi connectivity index (χ4v) is 6.04. The van der Waals surface area contributed by atoms with Gasteiger partial charge in [-0.15, -0.1) is 0 Å². The molecular weight excluding hydrogens is 548 g/mol. The maximum Gasteiger partial charge on any atom is 0.274 e. The fraction of sp³-hybridized carbons (Fsp3) is 0.636. The van der Waals surface area contributed by atoms with E-state index in [9.17, 15) is 10.1 Å². The molecule has 0 aromatic carbocycles. The summed E-state index contributed by atoms with van der Waals surface area (Å²) in [6.45, 7) is 8.48. The maximum absolute atomic E-state index is 15.4. The van der Waals surface area contributed by atoms with Crippen molar-refractivity contribution in [2.24, 2.45) is 10.7 Å². The first-order valence-corrected chi connectivity index (χ1v) is 15.7. The number of pyridine rings is 2. The number of nitrogens with two attached hydrogens (primary N) is 1. The average molecular weight is 596 g/mol.